The first-order valence-electron chi connectivity index (χ1n) is 16.5. The Kier molecular flexibility index (Phi) is 18.0. The minimum absolute atomic E-state index is 0.826. The summed E-state index contributed by atoms with van der Waals surface area (Å²) in [6.07, 6.45) is 16.3. The molecule has 0 bridgehead atoms. The predicted octanol–water partition coefficient (Wildman–Crippen LogP) is 11.4. The summed E-state index contributed by atoms with van der Waals surface area (Å²) < 4.78 is 0. The van der Waals surface area contributed by atoms with Gasteiger partial charge in [0.1, 0.15) is 0 Å². The molecule has 0 N–H and O–H groups in total. The standard InChI is InChI=1S/C20H28Si.2C9H11.4ClH.2Zr/c1-13-14(2)16(4)20(15(13)3)21(5,6)19-12-11-17-9-7-8-10-18(17)19;2*1-2-5-9-7-3-6-8(9)4-1;;;;;;/h11-12H,7-10H2,1-6H3;2*3,6-7H,1-2,4-5H2;4*1H;;/q-2;2*-1;;;;;2*+4/p-4. The Labute approximate surface area is 312 Å². The number of hydrogen-bond donors (Lipinski definition) is 0. The van der Waals surface area contributed by atoms with E-state index in [4.69, 9.17) is 34.1 Å². The molecule has 7 heteroatoms. The van der Waals surface area contributed by atoms with Crippen molar-refractivity contribution in [2.45, 2.75) is 118 Å². The SMILES string of the molecule is Cc1c(C)c(C)[c-]([Si](C)(C)[c-]2ccc3c2CCCC3)c1C.[Cl][Zr+2][Cl].[Cl][Zr+2][Cl].c1cc2c([cH-]1)CCCC2.c1cc2c([cH-]1)CCCC2. The van der Waals surface area contributed by atoms with Crippen LogP contribution in [0, 0.1) is 27.7 Å². The molecule has 0 spiro atoms. The second-order valence-electron chi connectivity index (χ2n) is 13.2. The van der Waals surface area contributed by atoms with Gasteiger partial charge in [-0.15, -0.1) is 0 Å². The van der Waals surface area contributed by atoms with Gasteiger partial charge in [-0.3, -0.25) is 0 Å². The van der Waals surface area contributed by atoms with E-state index in [1.165, 1.54) is 88.2 Å². The van der Waals surface area contributed by atoms with Gasteiger partial charge in [-0.1, -0.05) is 118 Å². The van der Waals surface area contributed by atoms with Crippen LogP contribution in [0.2, 0.25) is 13.1 Å². The van der Waals surface area contributed by atoms with E-state index in [-0.39, 0.29) is 0 Å². The molecule has 4 aromatic carbocycles. The molecule has 4 aromatic rings. The monoisotopic (exact) mass is 854 g/mol. The molecule has 0 amide bonds. The first-order chi connectivity index (χ1) is 21.6. The molecule has 0 aliphatic heterocycles. The third kappa shape index (κ3) is 10.8. The molecule has 7 rings (SSSR count). The van der Waals surface area contributed by atoms with Crippen molar-refractivity contribution in [3.8, 4) is 0 Å². The quantitative estimate of drug-likeness (QED) is 0.139. The van der Waals surface area contributed by atoms with Crippen LogP contribution in [0.1, 0.15) is 94.2 Å². The van der Waals surface area contributed by atoms with Crippen molar-refractivity contribution in [2.75, 3.05) is 0 Å². The van der Waals surface area contributed by atoms with Crippen molar-refractivity contribution in [1.29, 1.82) is 0 Å². The summed E-state index contributed by atoms with van der Waals surface area (Å²) in [5, 5.41) is 3.42. The van der Waals surface area contributed by atoms with E-state index in [2.05, 4.69) is 89.3 Å². The van der Waals surface area contributed by atoms with E-state index in [1.807, 2.05) is 0 Å². The molecule has 0 saturated heterocycles. The zero-order valence-corrected chi connectivity index (χ0v) is 37.1. The van der Waals surface area contributed by atoms with Gasteiger partial charge < -0.3 is 0 Å². The van der Waals surface area contributed by atoms with Gasteiger partial charge in [0.05, 0.1) is 0 Å². The molecule has 0 atom stereocenters. The van der Waals surface area contributed by atoms with E-state index < -0.39 is 49.8 Å². The number of rotatable bonds is 2. The van der Waals surface area contributed by atoms with Crippen LogP contribution in [0.15, 0.2) is 48.5 Å². The molecule has 0 aromatic heterocycles. The maximum atomic E-state index is 4.93. The summed E-state index contributed by atoms with van der Waals surface area (Å²) in [6.45, 7) is 14.4. The van der Waals surface area contributed by atoms with Crippen molar-refractivity contribution >= 4 is 52.5 Å². The Morgan fingerprint density at radius 2 is 1.00 bits per heavy atom. The second-order valence-corrected chi connectivity index (χ2v) is 24.9. The Balaban J connectivity index is 0.000000189. The molecule has 0 unspecified atom stereocenters. The van der Waals surface area contributed by atoms with Gasteiger partial charge in [-0.25, -0.2) is 18.2 Å². The zero-order chi connectivity index (χ0) is 33.0. The summed E-state index contributed by atoms with van der Waals surface area (Å²) in [5.41, 5.74) is 15.9. The first kappa shape index (κ1) is 40.0. The van der Waals surface area contributed by atoms with Crippen LogP contribution in [-0.2, 0) is 80.2 Å². The summed E-state index contributed by atoms with van der Waals surface area (Å²) in [7, 11) is 18.2. The van der Waals surface area contributed by atoms with Crippen molar-refractivity contribution < 1.29 is 41.7 Å². The van der Waals surface area contributed by atoms with E-state index >= 15 is 0 Å². The number of fused-ring (bicyclic) bond motifs is 3. The van der Waals surface area contributed by atoms with Crippen molar-refractivity contribution in [2.24, 2.45) is 0 Å². The molecule has 242 valence electrons. The number of halogens is 4. The average molecular weight is 859 g/mol. The van der Waals surface area contributed by atoms with E-state index in [9.17, 15) is 0 Å². The van der Waals surface area contributed by atoms with E-state index in [0.717, 1.165) is 0 Å². The molecule has 0 nitrogen and oxygen atoms in total. The summed E-state index contributed by atoms with van der Waals surface area (Å²) in [4.78, 5) is 0. The van der Waals surface area contributed by atoms with Gasteiger partial charge in [0.15, 0.2) is 0 Å². The van der Waals surface area contributed by atoms with Crippen LogP contribution >= 0.6 is 34.1 Å². The summed E-state index contributed by atoms with van der Waals surface area (Å²) in [6, 6.07) is 18.3. The maximum Gasteiger partial charge on any atom is -0.0512 e. The van der Waals surface area contributed by atoms with Crippen LogP contribution in [0.25, 0.3) is 0 Å². The topological polar surface area (TPSA) is 0 Å². The molecule has 0 radical (unpaired) electrons. The minimum atomic E-state index is -1.58. The molecular formula is C38H50Cl4SiZr2. The molecule has 3 aliphatic rings. The van der Waals surface area contributed by atoms with Crippen molar-refractivity contribution in [1.82, 2.24) is 0 Å². The molecule has 45 heavy (non-hydrogen) atoms. The number of aryl methyl sites for hydroxylation is 5. The Morgan fingerprint density at radius 1 is 0.600 bits per heavy atom. The maximum absolute atomic E-state index is 4.93. The molecule has 0 heterocycles. The smallest absolute Gasteiger partial charge is 0.0512 e. The van der Waals surface area contributed by atoms with Crippen LogP contribution in [0.4, 0.5) is 0 Å². The van der Waals surface area contributed by atoms with Crippen LogP contribution < -0.4 is 10.4 Å². The Hall–Kier alpha value is 0.543. The fraction of sp³-hybridized carbons (Fsp3) is 0.474. The largest absolute Gasteiger partial charge is 0.210 e. The molecule has 3 aliphatic carbocycles. The van der Waals surface area contributed by atoms with Crippen LogP contribution in [0.3, 0.4) is 0 Å². The third-order valence-electron chi connectivity index (χ3n) is 10.3. The van der Waals surface area contributed by atoms with E-state index in [1.54, 1.807) is 54.9 Å². The summed E-state index contributed by atoms with van der Waals surface area (Å²) >= 11 is -1.65. The summed E-state index contributed by atoms with van der Waals surface area (Å²) in [5.74, 6) is 0. The van der Waals surface area contributed by atoms with Crippen molar-refractivity contribution in [3.05, 3.63) is 104 Å². The molecule has 0 saturated carbocycles. The van der Waals surface area contributed by atoms with Gasteiger partial charge in [0.2, 0.25) is 0 Å². The van der Waals surface area contributed by atoms with Gasteiger partial charge in [-0.2, -0.15) is 96.3 Å². The van der Waals surface area contributed by atoms with Gasteiger partial charge in [-0.05, 0) is 8.07 Å². The van der Waals surface area contributed by atoms with Crippen LogP contribution in [-0.4, -0.2) is 8.07 Å². The Morgan fingerprint density at radius 3 is 1.44 bits per heavy atom. The zero-order valence-electron chi connectivity index (χ0n) is 28.1. The normalized spacial score (nSPS) is 14.5. The van der Waals surface area contributed by atoms with Gasteiger partial charge in [0.25, 0.3) is 0 Å². The molecule has 0 fully saturated rings. The fourth-order valence-electron chi connectivity index (χ4n) is 7.81. The number of hydrogen-bond acceptors (Lipinski definition) is 0. The van der Waals surface area contributed by atoms with Gasteiger partial charge >= 0.3 is 75.7 Å². The first-order valence-corrected chi connectivity index (χ1v) is 32.2. The predicted molar refractivity (Wildman–Crippen MR) is 197 cm³/mol. The molecular weight excluding hydrogens is 809 g/mol. The van der Waals surface area contributed by atoms with Gasteiger partial charge in [0, 0.05) is 0 Å². The second kappa shape index (κ2) is 20.3. The fourth-order valence-corrected chi connectivity index (χ4v) is 11.9. The Bertz CT molecular complexity index is 1320. The average Bonchev–Trinajstić information content (AvgIpc) is 3.83. The van der Waals surface area contributed by atoms with Crippen LogP contribution in [0.5, 0.6) is 0 Å². The van der Waals surface area contributed by atoms with Crippen molar-refractivity contribution in [3.63, 3.8) is 0 Å². The van der Waals surface area contributed by atoms with E-state index in [0.29, 0.717) is 0 Å². The minimum Gasteiger partial charge on any atom is -0.210 e. The third-order valence-corrected chi connectivity index (χ3v) is 14.1.